The summed E-state index contributed by atoms with van der Waals surface area (Å²) in [7, 11) is 0. The second kappa shape index (κ2) is 5.89. The van der Waals surface area contributed by atoms with Gasteiger partial charge in [-0.15, -0.1) is 0 Å². The first kappa shape index (κ1) is 16.5. The molecule has 2 aliphatic heterocycles. The van der Waals surface area contributed by atoms with E-state index in [4.69, 9.17) is 27.8 Å². The van der Waals surface area contributed by atoms with Gasteiger partial charge in [0.25, 0.3) is 0 Å². The van der Waals surface area contributed by atoms with Crippen molar-refractivity contribution >= 4 is 21.9 Å². The molecule has 7 rings (SSSR count). The Labute approximate surface area is 174 Å². The highest BCUT2D eigenvalue weighted by Gasteiger charge is 2.28. The van der Waals surface area contributed by atoms with Gasteiger partial charge in [0.05, 0.1) is 0 Å². The van der Waals surface area contributed by atoms with Crippen molar-refractivity contribution < 1.29 is 32.9 Å². The number of ether oxygens (including phenoxy) is 4. The number of phenols is 1. The maximum atomic E-state index is 10.8. The molecule has 7 heteroatoms. The van der Waals surface area contributed by atoms with Gasteiger partial charge < -0.3 is 32.9 Å². The molecular formula is C24H14O7. The molecule has 1 N–H and O–H groups in total. The lowest BCUT2D eigenvalue weighted by Gasteiger charge is -2.07. The summed E-state index contributed by atoms with van der Waals surface area (Å²) in [6.45, 7) is 0.266. The number of furan rings is 2. The van der Waals surface area contributed by atoms with Crippen LogP contribution in [-0.4, -0.2) is 18.7 Å². The molecule has 3 aromatic carbocycles. The highest BCUT2D eigenvalue weighted by atomic mass is 16.7. The quantitative estimate of drug-likeness (QED) is 0.398. The normalized spacial score (nSPS) is 14.1. The van der Waals surface area contributed by atoms with Crippen LogP contribution in [0.5, 0.6) is 28.7 Å². The van der Waals surface area contributed by atoms with Crippen LogP contribution >= 0.6 is 0 Å². The van der Waals surface area contributed by atoms with E-state index in [1.807, 2.05) is 36.4 Å². The van der Waals surface area contributed by atoms with Gasteiger partial charge in [-0.3, -0.25) is 0 Å². The molecule has 0 spiro atoms. The number of benzene rings is 3. The molecule has 152 valence electrons. The minimum atomic E-state index is 0.0435. The van der Waals surface area contributed by atoms with Gasteiger partial charge in [-0.2, -0.15) is 0 Å². The molecule has 0 saturated carbocycles. The Hall–Kier alpha value is -4.26. The summed E-state index contributed by atoms with van der Waals surface area (Å²) < 4.78 is 34.4. The Bertz CT molecular complexity index is 1470. The van der Waals surface area contributed by atoms with Gasteiger partial charge in [-0.25, -0.2) is 0 Å². The van der Waals surface area contributed by atoms with E-state index in [9.17, 15) is 5.11 Å². The van der Waals surface area contributed by atoms with Crippen LogP contribution in [0.4, 0.5) is 0 Å². The third kappa shape index (κ3) is 2.34. The molecule has 2 aromatic heterocycles. The summed E-state index contributed by atoms with van der Waals surface area (Å²) in [5.41, 5.74) is 2.54. The third-order valence-electron chi connectivity index (χ3n) is 5.59. The van der Waals surface area contributed by atoms with Gasteiger partial charge in [0, 0.05) is 34.0 Å². The Morgan fingerprint density at radius 1 is 0.677 bits per heavy atom. The fraction of sp³-hybridized carbons (Fsp3) is 0.0833. The summed E-state index contributed by atoms with van der Waals surface area (Å²) in [4.78, 5) is 0. The van der Waals surface area contributed by atoms with Crippen LogP contribution in [0, 0.1) is 0 Å². The Morgan fingerprint density at radius 3 is 2.19 bits per heavy atom. The second-order valence-corrected chi connectivity index (χ2v) is 7.38. The Balaban J connectivity index is 1.55. The van der Waals surface area contributed by atoms with Crippen LogP contribution in [0.2, 0.25) is 0 Å². The third-order valence-corrected chi connectivity index (χ3v) is 5.59. The van der Waals surface area contributed by atoms with Gasteiger partial charge in [0.1, 0.15) is 16.9 Å². The van der Waals surface area contributed by atoms with Crippen molar-refractivity contribution in [3.8, 4) is 51.4 Å². The SMILES string of the molecule is Oc1cc2c(cc1-c1c(-c3cc4ccccc4o3)oc3cc4c(cc13)OCO4)OCO2. The summed E-state index contributed by atoms with van der Waals surface area (Å²) in [5, 5.41) is 12.6. The number of rotatable bonds is 2. The average molecular weight is 414 g/mol. The van der Waals surface area contributed by atoms with Crippen molar-refractivity contribution in [2.24, 2.45) is 0 Å². The molecule has 0 bridgehead atoms. The minimum absolute atomic E-state index is 0.0435. The molecule has 0 saturated heterocycles. The average Bonchev–Trinajstić information content (AvgIpc) is 3.54. The summed E-state index contributed by atoms with van der Waals surface area (Å²) in [6.07, 6.45) is 0. The van der Waals surface area contributed by atoms with E-state index in [1.165, 1.54) is 0 Å². The molecule has 0 fully saturated rings. The van der Waals surface area contributed by atoms with Gasteiger partial charge in [-0.05, 0) is 24.3 Å². The van der Waals surface area contributed by atoms with Crippen LogP contribution in [-0.2, 0) is 0 Å². The zero-order chi connectivity index (χ0) is 20.5. The van der Waals surface area contributed by atoms with Crippen LogP contribution in [0.25, 0.3) is 44.6 Å². The molecule has 0 radical (unpaired) electrons. The first-order valence-electron chi connectivity index (χ1n) is 9.73. The summed E-state index contributed by atoms with van der Waals surface area (Å²) in [5.74, 6) is 3.36. The van der Waals surface area contributed by atoms with Gasteiger partial charge >= 0.3 is 0 Å². The molecule has 5 aromatic rings. The number of aromatic hydroxyl groups is 1. The molecule has 31 heavy (non-hydrogen) atoms. The maximum Gasteiger partial charge on any atom is 0.231 e. The molecule has 4 heterocycles. The molecule has 0 amide bonds. The fourth-order valence-corrected chi connectivity index (χ4v) is 4.15. The van der Waals surface area contributed by atoms with Crippen LogP contribution in [0.15, 0.2) is 63.4 Å². The van der Waals surface area contributed by atoms with Crippen LogP contribution in [0.1, 0.15) is 0 Å². The van der Waals surface area contributed by atoms with E-state index >= 15 is 0 Å². The minimum Gasteiger partial charge on any atom is -0.507 e. The fourth-order valence-electron chi connectivity index (χ4n) is 4.15. The zero-order valence-electron chi connectivity index (χ0n) is 16.0. The van der Waals surface area contributed by atoms with Crippen molar-refractivity contribution in [2.45, 2.75) is 0 Å². The lowest BCUT2D eigenvalue weighted by Crippen LogP contribution is -1.92. The summed E-state index contributed by atoms with van der Waals surface area (Å²) >= 11 is 0. The molecule has 0 aliphatic carbocycles. The number of phenolic OH excluding ortho intramolecular Hbond substituents is 1. The number of para-hydroxylation sites is 1. The number of fused-ring (bicyclic) bond motifs is 4. The van der Waals surface area contributed by atoms with E-state index in [2.05, 4.69) is 0 Å². The van der Waals surface area contributed by atoms with Crippen molar-refractivity contribution in [2.75, 3.05) is 13.6 Å². The zero-order valence-corrected chi connectivity index (χ0v) is 16.0. The van der Waals surface area contributed by atoms with E-state index in [1.54, 1.807) is 18.2 Å². The molecule has 7 nitrogen and oxygen atoms in total. The molecule has 0 unspecified atom stereocenters. The molecular weight excluding hydrogens is 400 g/mol. The monoisotopic (exact) mass is 414 g/mol. The van der Waals surface area contributed by atoms with E-state index in [0.29, 0.717) is 51.2 Å². The van der Waals surface area contributed by atoms with E-state index in [0.717, 1.165) is 16.4 Å². The smallest absolute Gasteiger partial charge is 0.231 e. The van der Waals surface area contributed by atoms with Crippen molar-refractivity contribution in [1.29, 1.82) is 0 Å². The Kier molecular flexibility index (Phi) is 3.14. The lowest BCUT2D eigenvalue weighted by atomic mass is 9.99. The van der Waals surface area contributed by atoms with Gasteiger partial charge in [0.2, 0.25) is 13.6 Å². The lowest BCUT2D eigenvalue weighted by molar-refractivity contribution is 0.173. The standard InChI is InChI=1S/C24H14O7/c25-15-8-20-18(26-10-28-20)6-13(15)23-14-7-19-21(29-11-27-19)9-17(14)31-24(23)22-5-12-3-1-2-4-16(12)30-22/h1-9,25H,10-11H2. The van der Waals surface area contributed by atoms with Crippen LogP contribution < -0.4 is 18.9 Å². The largest absolute Gasteiger partial charge is 0.507 e. The maximum absolute atomic E-state index is 10.8. The first-order valence-corrected chi connectivity index (χ1v) is 9.73. The van der Waals surface area contributed by atoms with E-state index in [-0.39, 0.29) is 19.3 Å². The van der Waals surface area contributed by atoms with E-state index < -0.39 is 0 Å². The second-order valence-electron chi connectivity index (χ2n) is 7.38. The highest BCUT2D eigenvalue weighted by Crippen LogP contribution is 2.51. The van der Waals surface area contributed by atoms with Gasteiger partial charge in [-0.1, -0.05) is 18.2 Å². The predicted octanol–water partition coefficient (Wildman–Crippen LogP) is 5.68. The first-order chi connectivity index (χ1) is 15.2. The highest BCUT2D eigenvalue weighted by molar-refractivity contribution is 6.04. The summed E-state index contributed by atoms with van der Waals surface area (Å²) in [6, 6.07) is 16.6. The predicted molar refractivity (Wildman–Crippen MR) is 111 cm³/mol. The number of hydrogen-bond donors (Lipinski definition) is 1. The number of hydrogen-bond acceptors (Lipinski definition) is 7. The van der Waals surface area contributed by atoms with Crippen molar-refractivity contribution in [3.63, 3.8) is 0 Å². The molecule has 0 atom stereocenters. The van der Waals surface area contributed by atoms with Crippen molar-refractivity contribution in [3.05, 3.63) is 54.6 Å². The van der Waals surface area contributed by atoms with Crippen LogP contribution in [0.3, 0.4) is 0 Å². The van der Waals surface area contributed by atoms with Gasteiger partial charge in [0.15, 0.2) is 34.5 Å². The topological polar surface area (TPSA) is 83.4 Å². The molecule has 2 aliphatic rings. The van der Waals surface area contributed by atoms with Crippen molar-refractivity contribution in [1.82, 2.24) is 0 Å². The Morgan fingerprint density at radius 2 is 1.39 bits per heavy atom.